The zero-order valence-corrected chi connectivity index (χ0v) is 9.85. The third-order valence-electron chi connectivity index (χ3n) is 3.14. The van der Waals surface area contributed by atoms with E-state index in [2.05, 4.69) is 26.1 Å². The Morgan fingerprint density at radius 3 is 2.29 bits per heavy atom. The van der Waals surface area contributed by atoms with E-state index in [1.807, 2.05) is 0 Å². The van der Waals surface area contributed by atoms with Crippen molar-refractivity contribution in [2.24, 2.45) is 17.1 Å². The highest BCUT2D eigenvalue weighted by molar-refractivity contribution is 5.85. The van der Waals surface area contributed by atoms with Crippen molar-refractivity contribution in [3.8, 4) is 0 Å². The number of carbonyl (C=O) groups excluding carboxylic acids is 1. The summed E-state index contributed by atoms with van der Waals surface area (Å²) in [7, 11) is 0. The van der Waals surface area contributed by atoms with Crippen molar-refractivity contribution in [1.82, 2.24) is 5.32 Å². The summed E-state index contributed by atoms with van der Waals surface area (Å²) >= 11 is 0. The monoisotopic (exact) mass is 198 g/mol. The number of carbonyl (C=O) groups is 1. The molecule has 0 aliphatic heterocycles. The van der Waals surface area contributed by atoms with Crippen LogP contribution >= 0.6 is 0 Å². The maximum Gasteiger partial charge on any atom is 0.239 e. The maximum absolute atomic E-state index is 11.6. The molecule has 1 rings (SSSR count). The van der Waals surface area contributed by atoms with E-state index in [4.69, 9.17) is 5.73 Å². The van der Waals surface area contributed by atoms with Crippen molar-refractivity contribution in [2.45, 2.75) is 52.6 Å². The smallest absolute Gasteiger partial charge is 0.239 e. The fraction of sp³-hybridized carbons (Fsp3) is 0.909. The zero-order valence-electron chi connectivity index (χ0n) is 9.85. The van der Waals surface area contributed by atoms with Gasteiger partial charge in [-0.2, -0.15) is 0 Å². The van der Waals surface area contributed by atoms with Gasteiger partial charge in [-0.15, -0.1) is 0 Å². The molecule has 14 heavy (non-hydrogen) atoms. The molecule has 0 aromatic rings. The number of hydrogen-bond acceptors (Lipinski definition) is 2. The highest BCUT2D eigenvalue weighted by atomic mass is 16.2. The molecule has 2 unspecified atom stereocenters. The van der Waals surface area contributed by atoms with Crippen LogP contribution in [-0.2, 0) is 4.79 Å². The van der Waals surface area contributed by atoms with Crippen LogP contribution in [-0.4, -0.2) is 17.5 Å². The van der Waals surface area contributed by atoms with E-state index >= 15 is 0 Å². The third-order valence-corrected chi connectivity index (χ3v) is 3.14. The fourth-order valence-electron chi connectivity index (χ4n) is 1.85. The molecule has 0 saturated heterocycles. The predicted octanol–water partition coefficient (Wildman–Crippen LogP) is 1.27. The van der Waals surface area contributed by atoms with Gasteiger partial charge in [-0.1, -0.05) is 13.8 Å². The Morgan fingerprint density at radius 1 is 1.57 bits per heavy atom. The van der Waals surface area contributed by atoms with Crippen LogP contribution < -0.4 is 11.1 Å². The summed E-state index contributed by atoms with van der Waals surface area (Å²) in [4.78, 5) is 11.6. The molecule has 1 aliphatic carbocycles. The van der Waals surface area contributed by atoms with Gasteiger partial charge in [0.15, 0.2) is 0 Å². The lowest BCUT2D eigenvalue weighted by Crippen LogP contribution is -2.52. The molecular weight excluding hydrogens is 176 g/mol. The topological polar surface area (TPSA) is 55.1 Å². The molecule has 0 radical (unpaired) electrons. The zero-order chi connectivity index (χ0) is 11.1. The number of rotatable bonds is 3. The molecule has 82 valence electrons. The Bertz CT molecular complexity index is 240. The van der Waals surface area contributed by atoms with Gasteiger partial charge >= 0.3 is 0 Å². The average Bonchev–Trinajstić information content (AvgIpc) is 2.57. The summed E-state index contributed by atoms with van der Waals surface area (Å²) in [5.41, 5.74) is 5.33. The van der Waals surface area contributed by atoms with Gasteiger partial charge in [-0.25, -0.2) is 0 Å². The van der Waals surface area contributed by atoms with E-state index in [1.165, 1.54) is 6.42 Å². The first-order valence-corrected chi connectivity index (χ1v) is 5.24. The highest BCUT2D eigenvalue weighted by Gasteiger charge is 2.49. The molecule has 0 spiro atoms. The lowest BCUT2D eigenvalue weighted by Gasteiger charge is -2.22. The molecule has 1 fully saturated rings. The van der Waals surface area contributed by atoms with Crippen LogP contribution in [0.3, 0.4) is 0 Å². The van der Waals surface area contributed by atoms with Crippen LogP contribution in [0.25, 0.3) is 0 Å². The Morgan fingerprint density at radius 2 is 2.00 bits per heavy atom. The molecule has 3 nitrogen and oxygen atoms in total. The van der Waals surface area contributed by atoms with E-state index in [0.29, 0.717) is 11.3 Å². The minimum Gasteiger partial charge on any atom is -0.352 e. The lowest BCUT2D eigenvalue weighted by atomic mass is 10.0. The lowest BCUT2D eigenvalue weighted by molar-refractivity contribution is -0.126. The molecule has 0 bridgehead atoms. The van der Waals surface area contributed by atoms with Crippen molar-refractivity contribution in [2.75, 3.05) is 0 Å². The van der Waals surface area contributed by atoms with Crippen molar-refractivity contribution in [1.29, 1.82) is 0 Å². The number of nitrogens with one attached hydrogen (secondary N) is 1. The van der Waals surface area contributed by atoms with Crippen molar-refractivity contribution in [3.63, 3.8) is 0 Å². The van der Waals surface area contributed by atoms with Crippen LogP contribution in [0.5, 0.6) is 0 Å². The Hall–Kier alpha value is -0.570. The summed E-state index contributed by atoms with van der Waals surface area (Å²) in [6, 6.07) is 0.236. The molecule has 0 heterocycles. The van der Waals surface area contributed by atoms with E-state index in [1.54, 1.807) is 13.8 Å². The Labute approximate surface area is 86.4 Å². The van der Waals surface area contributed by atoms with Gasteiger partial charge in [0.1, 0.15) is 0 Å². The first-order valence-electron chi connectivity index (χ1n) is 5.24. The van der Waals surface area contributed by atoms with Crippen molar-refractivity contribution < 1.29 is 4.79 Å². The Kier molecular flexibility index (Phi) is 2.65. The minimum absolute atomic E-state index is 0.0623. The van der Waals surface area contributed by atoms with E-state index < -0.39 is 5.54 Å². The largest absolute Gasteiger partial charge is 0.352 e. The molecular formula is C11H22N2O. The quantitative estimate of drug-likeness (QED) is 0.717. The first-order chi connectivity index (χ1) is 6.14. The SMILES string of the molecule is CC(NC(=O)C(C)(C)N)C1CC1(C)C. The molecule has 0 aromatic carbocycles. The van der Waals surface area contributed by atoms with Gasteiger partial charge in [0.2, 0.25) is 5.91 Å². The maximum atomic E-state index is 11.6. The van der Waals surface area contributed by atoms with E-state index in [9.17, 15) is 4.79 Å². The summed E-state index contributed by atoms with van der Waals surface area (Å²) < 4.78 is 0. The van der Waals surface area contributed by atoms with Gasteiger partial charge < -0.3 is 11.1 Å². The van der Waals surface area contributed by atoms with Gasteiger partial charge in [0, 0.05) is 6.04 Å². The average molecular weight is 198 g/mol. The van der Waals surface area contributed by atoms with Crippen LogP contribution in [0.4, 0.5) is 0 Å². The van der Waals surface area contributed by atoms with Crippen molar-refractivity contribution in [3.05, 3.63) is 0 Å². The van der Waals surface area contributed by atoms with Gasteiger partial charge in [-0.3, -0.25) is 4.79 Å². The van der Waals surface area contributed by atoms with Gasteiger partial charge in [-0.05, 0) is 38.5 Å². The highest BCUT2D eigenvalue weighted by Crippen LogP contribution is 2.53. The van der Waals surface area contributed by atoms with Crippen LogP contribution in [0.2, 0.25) is 0 Å². The second kappa shape index (κ2) is 3.23. The second-order valence-electron chi connectivity index (χ2n) is 5.78. The molecule has 3 heteroatoms. The molecule has 3 N–H and O–H groups in total. The summed E-state index contributed by atoms with van der Waals surface area (Å²) in [6.07, 6.45) is 1.19. The van der Waals surface area contributed by atoms with Crippen LogP contribution in [0.1, 0.15) is 41.0 Å². The third kappa shape index (κ3) is 2.47. The molecule has 0 aromatic heterocycles. The van der Waals surface area contributed by atoms with E-state index in [0.717, 1.165) is 0 Å². The predicted molar refractivity (Wildman–Crippen MR) is 57.8 cm³/mol. The second-order valence-corrected chi connectivity index (χ2v) is 5.78. The summed E-state index contributed by atoms with van der Waals surface area (Å²) in [5.74, 6) is 0.543. The van der Waals surface area contributed by atoms with Crippen molar-refractivity contribution >= 4 is 5.91 Å². The number of nitrogens with two attached hydrogens (primary N) is 1. The Balaban J connectivity index is 2.43. The summed E-state index contributed by atoms with van der Waals surface area (Å²) in [5, 5.41) is 2.97. The normalized spacial score (nSPS) is 26.9. The standard InChI is InChI=1S/C11H22N2O/c1-7(8-6-10(8,2)3)13-9(14)11(4,5)12/h7-8H,6,12H2,1-5H3,(H,13,14). The molecule has 2 atom stereocenters. The molecule has 1 aliphatic rings. The fourth-order valence-corrected chi connectivity index (χ4v) is 1.85. The van der Waals surface area contributed by atoms with E-state index in [-0.39, 0.29) is 11.9 Å². The summed E-state index contributed by atoms with van der Waals surface area (Å²) in [6.45, 7) is 9.98. The van der Waals surface area contributed by atoms with Crippen LogP contribution in [0, 0.1) is 11.3 Å². The van der Waals surface area contributed by atoms with Gasteiger partial charge in [0.25, 0.3) is 0 Å². The van der Waals surface area contributed by atoms with Gasteiger partial charge in [0.05, 0.1) is 5.54 Å². The minimum atomic E-state index is -0.771. The molecule has 1 saturated carbocycles. The number of hydrogen-bond donors (Lipinski definition) is 2. The number of amides is 1. The molecule has 1 amide bonds. The van der Waals surface area contributed by atoms with Crippen LogP contribution in [0.15, 0.2) is 0 Å². The first kappa shape index (κ1) is 11.5.